The van der Waals surface area contributed by atoms with Crippen LogP contribution in [0, 0.1) is 5.82 Å². The van der Waals surface area contributed by atoms with E-state index < -0.39 is 11.8 Å². The van der Waals surface area contributed by atoms with Crippen molar-refractivity contribution in [1.29, 1.82) is 0 Å². The minimum Gasteiger partial charge on any atom is -0.506 e. The monoisotopic (exact) mass is 415 g/mol. The van der Waals surface area contributed by atoms with E-state index in [-0.39, 0.29) is 22.1 Å². The van der Waals surface area contributed by atoms with Crippen molar-refractivity contribution in [2.45, 2.75) is 6.92 Å². The van der Waals surface area contributed by atoms with Gasteiger partial charge >= 0.3 is 5.97 Å². The molecule has 0 saturated carbocycles. The van der Waals surface area contributed by atoms with Crippen molar-refractivity contribution < 1.29 is 28.9 Å². The van der Waals surface area contributed by atoms with Crippen LogP contribution in [0.15, 0.2) is 63.7 Å². The number of aliphatic hydroxyl groups excluding tert-OH is 1. The summed E-state index contributed by atoms with van der Waals surface area (Å²) in [6.07, 6.45) is 1.62. The second kappa shape index (κ2) is 8.83. The summed E-state index contributed by atoms with van der Waals surface area (Å²) in [7, 11) is 1.20. The first-order chi connectivity index (χ1) is 13.9. The van der Waals surface area contributed by atoms with Gasteiger partial charge in [0.2, 0.25) is 0 Å². The summed E-state index contributed by atoms with van der Waals surface area (Å²) in [5.74, 6) is -1.21. The number of carbonyl (C=O) groups is 1. The van der Waals surface area contributed by atoms with Gasteiger partial charge in [0.05, 0.1) is 24.3 Å². The van der Waals surface area contributed by atoms with Crippen LogP contribution in [0.3, 0.4) is 0 Å². The van der Waals surface area contributed by atoms with Crippen molar-refractivity contribution in [3.63, 3.8) is 0 Å². The van der Waals surface area contributed by atoms with Crippen LogP contribution >= 0.6 is 11.8 Å². The largest absolute Gasteiger partial charge is 0.506 e. The third kappa shape index (κ3) is 4.60. The molecule has 0 atom stereocenters. The second-order valence-electron chi connectivity index (χ2n) is 5.88. The predicted octanol–water partition coefficient (Wildman–Crippen LogP) is 4.73. The van der Waals surface area contributed by atoms with E-state index in [1.165, 1.54) is 31.4 Å². The SMILES string of the molecule is CCOc1cc(/C=C2/SC(=Nc3cccc(F)c3)C(C(=O)OC)=C2O)ccc1O. The number of thioether (sulfide) groups is 1. The zero-order valence-corrected chi connectivity index (χ0v) is 16.5. The smallest absolute Gasteiger partial charge is 0.344 e. The maximum absolute atomic E-state index is 13.5. The predicted molar refractivity (Wildman–Crippen MR) is 110 cm³/mol. The van der Waals surface area contributed by atoms with Gasteiger partial charge in [0, 0.05) is 0 Å². The number of rotatable bonds is 5. The Morgan fingerprint density at radius 1 is 1.24 bits per heavy atom. The number of hydrogen-bond acceptors (Lipinski definition) is 7. The summed E-state index contributed by atoms with van der Waals surface area (Å²) in [5, 5.41) is 20.6. The summed E-state index contributed by atoms with van der Waals surface area (Å²) < 4.78 is 23.6. The lowest BCUT2D eigenvalue weighted by Crippen LogP contribution is -2.10. The van der Waals surface area contributed by atoms with Crippen LogP contribution in [-0.2, 0) is 9.53 Å². The van der Waals surface area contributed by atoms with E-state index in [2.05, 4.69) is 4.99 Å². The number of halogens is 1. The number of phenolic OH excluding ortho intramolecular Hbond substituents is 1. The summed E-state index contributed by atoms with van der Waals surface area (Å²) in [6.45, 7) is 2.17. The van der Waals surface area contributed by atoms with Gasteiger partial charge < -0.3 is 19.7 Å². The molecule has 0 amide bonds. The lowest BCUT2D eigenvalue weighted by Gasteiger charge is -2.06. The van der Waals surface area contributed by atoms with Crippen LogP contribution in [-0.4, -0.2) is 34.9 Å². The average Bonchev–Trinajstić information content (AvgIpc) is 2.99. The normalized spacial score (nSPS) is 16.5. The number of aliphatic imine (C=N–C) groups is 1. The number of phenols is 1. The van der Waals surface area contributed by atoms with Gasteiger partial charge in [-0.2, -0.15) is 0 Å². The molecule has 6 nitrogen and oxygen atoms in total. The van der Waals surface area contributed by atoms with Crippen molar-refractivity contribution in [2.75, 3.05) is 13.7 Å². The number of carbonyl (C=O) groups excluding carboxylic acids is 1. The molecule has 1 aliphatic rings. The van der Waals surface area contributed by atoms with E-state index in [1.807, 2.05) is 0 Å². The molecule has 0 bridgehead atoms. The van der Waals surface area contributed by atoms with E-state index in [4.69, 9.17) is 9.47 Å². The molecule has 0 saturated heterocycles. The van der Waals surface area contributed by atoms with Gasteiger partial charge in [-0.15, -0.1) is 0 Å². The molecule has 0 aromatic heterocycles. The number of nitrogens with zero attached hydrogens (tertiary/aromatic N) is 1. The van der Waals surface area contributed by atoms with Crippen LogP contribution in [0.4, 0.5) is 10.1 Å². The molecule has 0 spiro atoms. The Kier molecular flexibility index (Phi) is 6.23. The van der Waals surface area contributed by atoms with Gasteiger partial charge in [-0.25, -0.2) is 14.2 Å². The molecule has 150 valence electrons. The van der Waals surface area contributed by atoms with E-state index in [1.54, 1.807) is 31.2 Å². The Morgan fingerprint density at radius 2 is 2.03 bits per heavy atom. The molecule has 0 fully saturated rings. The Labute approximate surface area is 171 Å². The number of hydrogen-bond donors (Lipinski definition) is 2. The highest BCUT2D eigenvalue weighted by Gasteiger charge is 2.33. The van der Waals surface area contributed by atoms with E-state index >= 15 is 0 Å². The molecular formula is C21H18FNO5S. The second-order valence-corrected chi connectivity index (χ2v) is 6.91. The molecule has 2 aromatic carbocycles. The summed E-state index contributed by atoms with van der Waals surface area (Å²) in [4.78, 5) is 16.8. The maximum atomic E-state index is 13.5. The number of benzene rings is 2. The van der Waals surface area contributed by atoms with E-state index in [9.17, 15) is 19.4 Å². The quantitative estimate of drug-likeness (QED) is 0.686. The molecule has 8 heteroatoms. The Balaban J connectivity index is 2.03. The Hall–Kier alpha value is -3.26. The van der Waals surface area contributed by atoms with E-state index in [0.29, 0.717) is 28.5 Å². The average molecular weight is 415 g/mol. The molecule has 0 radical (unpaired) electrons. The number of aromatic hydroxyl groups is 1. The van der Waals surface area contributed by atoms with Crippen molar-refractivity contribution in [3.8, 4) is 11.5 Å². The van der Waals surface area contributed by atoms with Gasteiger partial charge in [-0.05, 0) is 48.9 Å². The zero-order valence-electron chi connectivity index (χ0n) is 15.7. The van der Waals surface area contributed by atoms with Crippen molar-refractivity contribution in [3.05, 3.63) is 70.1 Å². The van der Waals surface area contributed by atoms with Crippen LogP contribution in [0.5, 0.6) is 11.5 Å². The van der Waals surface area contributed by atoms with Crippen molar-refractivity contribution in [1.82, 2.24) is 0 Å². The van der Waals surface area contributed by atoms with Crippen LogP contribution < -0.4 is 4.74 Å². The third-order valence-corrected chi connectivity index (χ3v) is 4.92. The minimum atomic E-state index is -0.755. The first kappa shape index (κ1) is 20.5. The minimum absolute atomic E-state index is 0.00329. The topological polar surface area (TPSA) is 88.4 Å². The number of ether oxygens (including phenoxy) is 2. The fourth-order valence-corrected chi connectivity index (χ4v) is 3.63. The molecular weight excluding hydrogens is 397 g/mol. The first-order valence-electron chi connectivity index (χ1n) is 8.64. The Morgan fingerprint density at radius 3 is 2.72 bits per heavy atom. The van der Waals surface area contributed by atoms with Crippen LogP contribution in [0.2, 0.25) is 0 Å². The highest BCUT2D eigenvalue weighted by atomic mass is 32.2. The highest BCUT2D eigenvalue weighted by molar-refractivity contribution is 8.18. The first-order valence-corrected chi connectivity index (χ1v) is 9.46. The van der Waals surface area contributed by atoms with Gasteiger partial charge in [0.15, 0.2) is 11.5 Å². The van der Waals surface area contributed by atoms with Gasteiger partial charge in [0.1, 0.15) is 22.2 Å². The zero-order chi connectivity index (χ0) is 21.0. The van der Waals surface area contributed by atoms with Crippen molar-refractivity contribution >= 4 is 34.5 Å². The van der Waals surface area contributed by atoms with Crippen molar-refractivity contribution in [2.24, 2.45) is 4.99 Å². The number of esters is 1. The third-order valence-electron chi connectivity index (χ3n) is 3.90. The number of methoxy groups -OCH3 is 1. The molecule has 3 rings (SSSR count). The standard InChI is InChI=1S/C21H18FNO5S/c1-3-28-16-9-12(7-8-15(16)24)10-17-19(25)18(21(26)27-2)20(29-17)23-14-6-4-5-13(22)11-14/h4-11,24-25H,3H2,1-2H3/b17-10+,23-20?. The molecule has 1 aliphatic heterocycles. The van der Waals surface area contributed by atoms with Gasteiger partial charge in [-0.1, -0.05) is 23.9 Å². The van der Waals surface area contributed by atoms with Crippen LogP contribution in [0.25, 0.3) is 6.08 Å². The fraction of sp³-hybridized carbons (Fsp3) is 0.143. The molecule has 2 N–H and O–H groups in total. The number of aliphatic hydroxyl groups is 1. The molecule has 29 heavy (non-hydrogen) atoms. The molecule has 0 aliphatic carbocycles. The van der Waals surface area contributed by atoms with Gasteiger partial charge in [-0.3, -0.25) is 0 Å². The lowest BCUT2D eigenvalue weighted by molar-refractivity contribution is -0.135. The highest BCUT2D eigenvalue weighted by Crippen LogP contribution is 2.40. The van der Waals surface area contributed by atoms with Crippen LogP contribution in [0.1, 0.15) is 12.5 Å². The fourth-order valence-electron chi connectivity index (χ4n) is 2.60. The maximum Gasteiger partial charge on any atom is 0.344 e. The summed E-state index contributed by atoms with van der Waals surface area (Å²) >= 11 is 1.05. The molecule has 2 aromatic rings. The Bertz CT molecular complexity index is 1050. The summed E-state index contributed by atoms with van der Waals surface area (Å²) in [6, 6.07) is 10.3. The lowest BCUT2D eigenvalue weighted by atomic mass is 10.1. The molecule has 0 unspecified atom stereocenters. The van der Waals surface area contributed by atoms with E-state index in [0.717, 1.165) is 11.8 Å². The van der Waals surface area contributed by atoms with Gasteiger partial charge in [0.25, 0.3) is 0 Å². The summed E-state index contributed by atoms with van der Waals surface area (Å²) in [5.41, 5.74) is 0.833. The molecule has 1 heterocycles.